The molecule has 1 aromatic heterocycles. The van der Waals surface area contributed by atoms with E-state index in [4.69, 9.17) is 14.3 Å². The van der Waals surface area contributed by atoms with Crippen LogP contribution in [-0.2, 0) is 14.8 Å². The molecule has 21 heavy (non-hydrogen) atoms. The molecule has 1 fully saturated rings. The van der Waals surface area contributed by atoms with Crippen LogP contribution >= 0.6 is 0 Å². The summed E-state index contributed by atoms with van der Waals surface area (Å²) in [5.41, 5.74) is 0. The highest BCUT2D eigenvalue weighted by Crippen LogP contribution is 2.19. The maximum Gasteiger partial charge on any atom is 0.289 e. The van der Waals surface area contributed by atoms with Crippen molar-refractivity contribution in [1.29, 1.82) is 0 Å². The van der Waals surface area contributed by atoms with Crippen molar-refractivity contribution in [1.82, 2.24) is 9.21 Å². The number of hydrogen-bond donors (Lipinski definition) is 1. The minimum atomic E-state index is -3.70. The van der Waals surface area contributed by atoms with Crippen LogP contribution < -0.4 is 0 Å². The molecule has 1 N–H and O–H groups in total. The van der Waals surface area contributed by atoms with Gasteiger partial charge in [0.05, 0.1) is 19.3 Å². The number of aliphatic hydroxyl groups excluding tert-OH is 1. The van der Waals surface area contributed by atoms with Crippen LogP contribution in [0.4, 0.5) is 0 Å². The molecule has 1 aromatic rings. The van der Waals surface area contributed by atoms with E-state index in [0.29, 0.717) is 13.2 Å². The van der Waals surface area contributed by atoms with Crippen LogP contribution in [0.2, 0.25) is 0 Å². The lowest BCUT2D eigenvalue weighted by molar-refractivity contribution is -0.0454. The normalized spacial score (nSPS) is 20.0. The average molecular weight is 318 g/mol. The van der Waals surface area contributed by atoms with E-state index < -0.39 is 22.0 Å². The zero-order chi connectivity index (χ0) is 15.6. The Kier molecular flexibility index (Phi) is 4.67. The number of hydrogen-bond acceptors (Lipinski definition) is 6. The Morgan fingerprint density at radius 3 is 2.81 bits per heavy atom. The zero-order valence-electron chi connectivity index (χ0n) is 11.9. The minimum Gasteiger partial charge on any atom is -0.438 e. The number of carbonyl (C=O) groups is 1. The van der Waals surface area contributed by atoms with Crippen molar-refractivity contribution in [2.24, 2.45) is 0 Å². The van der Waals surface area contributed by atoms with E-state index in [9.17, 15) is 13.2 Å². The first-order chi connectivity index (χ1) is 9.86. The number of rotatable bonds is 4. The third-order valence-corrected chi connectivity index (χ3v) is 4.85. The van der Waals surface area contributed by atoms with E-state index in [2.05, 4.69) is 0 Å². The van der Waals surface area contributed by atoms with Crippen LogP contribution in [0.1, 0.15) is 10.6 Å². The van der Waals surface area contributed by atoms with Gasteiger partial charge in [-0.3, -0.25) is 4.79 Å². The van der Waals surface area contributed by atoms with E-state index in [1.807, 2.05) is 0 Å². The van der Waals surface area contributed by atoms with Gasteiger partial charge in [-0.05, 0) is 12.1 Å². The van der Waals surface area contributed by atoms with Crippen molar-refractivity contribution in [3.8, 4) is 0 Å². The fourth-order valence-corrected chi connectivity index (χ4v) is 2.72. The predicted molar refractivity (Wildman–Crippen MR) is 72.3 cm³/mol. The Labute approximate surface area is 122 Å². The SMILES string of the molecule is CN(C)S(=O)(=O)c1ccc(C(=O)N2CCOC(CO)C2)o1. The van der Waals surface area contributed by atoms with Gasteiger partial charge in [0.15, 0.2) is 5.76 Å². The molecule has 1 saturated heterocycles. The van der Waals surface area contributed by atoms with Crippen LogP contribution in [0.15, 0.2) is 21.6 Å². The minimum absolute atomic E-state index is 0.0472. The van der Waals surface area contributed by atoms with Gasteiger partial charge in [0.1, 0.15) is 0 Å². The van der Waals surface area contributed by atoms with E-state index >= 15 is 0 Å². The number of ether oxygens (including phenoxy) is 1. The Morgan fingerprint density at radius 2 is 2.19 bits per heavy atom. The van der Waals surface area contributed by atoms with E-state index in [0.717, 1.165) is 4.31 Å². The molecule has 2 rings (SSSR count). The number of carbonyl (C=O) groups excluding carboxylic acids is 1. The molecule has 2 heterocycles. The second-order valence-corrected chi connectivity index (χ2v) is 6.92. The quantitative estimate of drug-likeness (QED) is 0.793. The molecule has 9 heteroatoms. The van der Waals surface area contributed by atoms with Crippen molar-refractivity contribution in [2.45, 2.75) is 11.2 Å². The summed E-state index contributed by atoms with van der Waals surface area (Å²) in [7, 11) is -0.940. The van der Waals surface area contributed by atoms with E-state index in [1.54, 1.807) is 0 Å². The molecule has 0 bridgehead atoms. The predicted octanol–water partition coefficient (Wildman–Crippen LogP) is -0.637. The number of nitrogens with zero attached hydrogens (tertiary/aromatic N) is 2. The number of amides is 1. The number of aliphatic hydroxyl groups is 1. The standard InChI is InChI=1S/C12H18N2O6S/c1-13(2)21(17,18)11-4-3-10(20-11)12(16)14-5-6-19-9(7-14)8-15/h3-4,9,15H,5-8H2,1-2H3. The van der Waals surface area contributed by atoms with Gasteiger partial charge < -0.3 is 19.2 Å². The maximum absolute atomic E-state index is 12.3. The lowest BCUT2D eigenvalue weighted by atomic mass is 10.2. The summed E-state index contributed by atoms with van der Waals surface area (Å²) in [6.45, 7) is 0.750. The summed E-state index contributed by atoms with van der Waals surface area (Å²) < 4.78 is 35.2. The maximum atomic E-state index is 12.3. The van der Waals surface area contributed by atoms with E-state index in [-0.39, 0.29) is 24.0 Å². The fourth-order valence-electron chi connectivity index (χ4n) is 1.92. The van der Waals surface area contributed by atoms with Gasteiger partial charge in [-0.15, -0.1) is 0 Å². The summed E-state index contributed by atoms with van der Waals surface area (Å²) in [5, 5.41) is 8.79. The van der Waals surface area contributed by atoms with Crippen LogP contribution in [0.3, 0.4) is 0 Å². The Hall–Kier alpha value is -1.42. The molecule has 0 aromatic carbocycles. The third kappa shape index (κ3) is 3.26. The highest BCUT2D eigenvalue weighted by Gasteiger charge is 2.28. The monoisotopic (exact) mass is 318 g/mol. The first-order valence-corrected chi connectivity index (χ1v) is 7.84. The van der Waals surface area contributed by atoms with Crippen molar-refractivity contribution >= 4 is 15.9 Å². The molecule has 0 saturated carbocycles. The smallest absolute Gasteiger partial charge is 0.289 e. The highest BCUT2D eigenvalue weighted by atomic mass is 32.2. The molecule has 0 radical (unpaired) electrons. The van der Waals surface area contributed by atoms with Crippen LogP contribution in [0.25, 0.3) is 0 Å². The first kappa shape index (κ1) is 16.0. The summed E-state index contributed by atoms with van der Waals surface area (Å²) in [6.07, 6.45) is -0.428. The van der Waals surface area contributed by atoms with Gasteiger partial charge >= 0.3 is 0 Å². The molecule has 0 spiro atoms. The molecular weight excluding hydrogens is 300 g/mol. The van der Waals surface area contributed by atoms with Gasteiger partial charge in [0.25, 0.3) is 15.9 Å². The van der Waals surface area contributed by atoms with Crippen molar-refractivity contribution in [3.05, 3.63) is 17.9 Å². The van der Waals surface area contributed by atoms with Crippen LogP contribution in [0.5, 0.6) is 0 Å². The van der Waals surface area contributed by atoms with Gasteiger partial charge in [-0.25, -0.2) is 12.7 Å². The largest absolute Gasteiger partial charge is 0.438 e. The average Bonchev–Trinajstić information content (AvgIpc) is 2.96. The Morgan fingerprint density at radius 1 is 1.48 bits per heavy atom. The van der Waals surface area contributed by atoms with Crippen LogP contribution in [-0.4, -0.2) is 75.1 Å². The summed E-state index contributed by atoms with van der Waals surface area (Å²) >= 11 is 0. The lowest BCUT2D eigenvalue weighted by Gasteiger charge is -2.31. The Bertz CT molecular complexity index is 609. The van der Waals surface area contributed by atoms with E-state index in [1.165, 1.54) is 31.1 Å². The first-order valence-electron chi connectivity index (χ1n) is 6.40. The molecule has 1 aliphatic rings. The molecule has 0 aliphatic carbocycles. The molecule has 1 amide bonds. The van der Waals surface area contributed by atoms with Gasteiger partial charge in [-0.1, -0.05) is 0 Å². The molecular formula is C12H18N2O6S. The summed E-state index contributed by atoms with van der Waals surface area (Å²) in [4.78, 5) is 13.7. The van der Waals surface area contributed by atoms with Gasteiger partial charge in [0.2, 0.25) is 5.09 Å². The topological polar surface area (TPSA) is 100 Å². The highest BCUT2D eigenvalue weighted by molar-refractivity contribution is 7.88. The van der Waals surface area contributed by atoms with Gasteiger partial charge in [0, 0.05) is 27.2 Å². The Balaban J connectivity index is 2.16. The van der Waals surface area contributed by atoms with Crippen molar-refractivity contribution in [3.63, 3.8) is 0 Å². The molecule has 1 unspecified atom stereocenters. The summed E-state index contributed by atoms with van der Waals surface area (Å²) in [5.74, 6) is -0.467. The number of sulfonamides is 1. The zero-order valence-corrected chi connectivity index (χ0v) is 12.7. The second-order valence-electron chi connectivity index (χ2n) is 4.83. The molecule has 1 aliphatic heterocycles. The van der Waals surface area contributed by atoms with Crippen molar-refractivity contribution in [2.75, 3.05) is 40.4 Å². The number of morpholine rings is 1. The second kappa shape index (κ2) is 6.14. The molecule has 118 valence electrons. The van der Waals surface area contributed by atoms with Gasteiger partial charge in [-0.2, -0.15) is 0 Å². The third-order valence-electron chi connectivity index (χ3n) is 3.16. The van der Waals surface area contributed by atoms with Crippen LogP contribution in [0, 0.1) is 0 Å². The fraction of sp³-hybridized carbons (Fsp3) is 0.583. The molecule has 1 atom stereocenters. The summed E-state index contributed by atoms with van der Waals surface area (Å²) in [6, 6.07) is 2.59. The lowest BCUT2D eigenvalue weighted by Crippen LogP contribution is -2.46. The number of furan rings is 1. The molecule has 8 nitrogen and oxygen atoms in total. The van der Waals surface area contributed by atoms with Crippen molar-refractivity contribution < 1.29 is 27.5 Å².